The summed E-state index contributed by atoms with van der Waals surface area (Å²) in [5.41, 5.74) is 1.62. The number of benzene rings is 2. The van der Waals surface area contributed by atoms with Crippen LogP contribution in [0.4, 0.5) is 5.69 Å². The number of rotatable bonds is 10. The first-order valence-electron chi connectivity index (χ1n) is 11.6. The average Bonchev–Trinajstić information content (AvgIpc) is 2.84. The summed E-state index contributed by atoms with van der Waals surface area (Å²) in [4.78, 5) is 38.2. The molecule has 0 unspecified atom stereocenters. The maximum absolute atomic E-state index is 13.3. The van der Waals surface area contributed by atoms with E-state index in [4.69, 9.17) is 23.2 Å². The Morgan fingerprint density at radius 1 is 1.14 bits per heavy atom. The number of hydrogen-bond donors (Lipinski definition) is 1. The highest BCUT2D eigenvalue weighted by atomic mass is 35.5. The summed E-state index contributed by atoms with van der Waals surface area (Å²) < 4.78 is 0. The van der Waals surface area contributed by atoms with Gasteiger partial charge in [0.2, 0.25) is 11.8 Å². The topological polar surface area (TPSA) is 92.6 Å². The van der Waals surface area contributed by atoms with Crippen molar-refractivity contribution in [3.63, 3.8) is 0 Å². The maximum Gasteiger partial charge on any atom is 0.269 e. The minimum atomic E-state index is -0.670. The SMILES string of the molecule is C[C@H](C(=O)NC1CCCCC1)N(Cc1ccc(Cl)cc1Cl)C(=O)CSCc1ccc([N+](=O)[O-])cc1. The van der Waals surface area contributed by atoms with Crippen LogP contribution in [0.5, 0.6) is 0 Å². The van der Waals surface area contributed by atoms with Crippen LogP contribution < -0.4 is 5.32 Å². The molecule has 0 aromatic heterocycles. The Balaban J connectivity index is 1.67. The van der Waals surface area contributed by atoms with E-state index >= 15 is 0 Å². The Labute approximate surface area is 219 Å². The quantitative estimate of drug-likeness (QED) is 0.296. The van der Waals surface area contributed by atoms with Gasteiger partial charge in [-0.3, -0.25) is 19.7 Å². The molecule has 0 radical (unpaired) electrons. The number of thioether (sulfide) groups is 1. The molecule has 1 aliphatic carbocycles. The Hall–Kier alpha value is -2.29. The molecule has 2 aromatic rings. The van der Waals surface area contributed by atoms with Crippen molar-refractivity contribution in [3.05, 3.63) is 73.8 Å². The van der Waals surface area contributed by atoms with Gasteiger partial charge in [0.15, 0.2) is 0 Å². The second-order valence-corrected chi connectivity index (χ2v) is 10.5. The van der Waals surface area contributed by atoms with Crippen molar-refractivity contribution in [2.24, 2.45) is 0 Å². The molecule has 0 spiro atoms. The van der Waals surface area contributed by atoms with Gasteiger partial charge in [0.05, 0.1) is 10.7 Å². The van der Waals surface area contributed by atoms with Gasteiger partial charge in [-0.2, -0.15) is 0 Å². The summed E-state index contributed by atoms with van der Waals surface area (Å²) >= 11 is 13.8. The molecule has 1 fully saturated rings. The Kier molecular flexibility index (Phi) is 10.2. The van der Waals surface area contributed by atoms with Crippen molar-refractivity contribution >= 4 is 52.5 Å². The highest BCUT2D eigenvalue weighted by Crippen LogP contribution is 2.25. The van der Waals surface area contributed by atoms with E-state index in [2.05, 4.69) is 5.32 Å². The lowest BCUT2D eigenvalue weighted by Gasteiger charge is -2.31. The number of carbonyl (C=O) groups excluding carboxylic acids is 2. The molecule has 188 valence electrons. The largest absolute Gasteiger partial charge is 0.352 e. The van der Waals surface area contributed by atoms with Crippen LogP contribution in [0.25, 0.3) is 0 Å². The number of nitrogens with zero attached hydrogens (tertiary/aromatic N) is 2. The first-order valence-corrected chi connectivity index (χ1v) is 13.5. The number of non-ortho nitro benzene ring substituents is 1. The summed E-state index contributed by atoms with van der Waals surface area (Å²) in [6.07, 6.45) is 5.30. The number of halogens is 2. The van der Waals surface area contributed by atoms with Crippen LogP contribution in [0, 0.1) is 10.1 Å². The molecule has 35 heavy (non-hydrogen) atoms. The molecule has 3 rings (SSSR count). The fraction of sp³-hybridized carbons (Fsp3) is 0.440. The third-order valence-corrected chi connectivity index (χ3v) is 7.69. The normalized spacial score (nSPS) is 14.8. The molecule has 10 heteroatoms. The van der Waals surface area contributed by atoms with E-state index in [-0.39, 0.29) is 35.8 Å². The number of amides is 2. The van der Waals surface area contributed by atoms with Crippen LogP contribution in [-0.4, -0.2) is 39.5 Å². The molecule has 7 nitrogen and oxygen atoms in total. The van der Waals surface area contributed by atoms with Crippen molar-refractivity contribution in [2.45, 2.75) is 63.4 Å². The lowest BCUT2D eigenvalue weighted by Crippen LogP contribution is -2.50. The van der Waals surface area contributed by atoms with E-state index in [1.54, 1.807) is 42.2 Å². The second kappa shape index (κ2) is 13.1. The molecule has 2 aromatic carbocycles. The van der Waals surface area contributed by atoms with Gasteiger partial charge in [0, 0.05) is 40.5 Å². The van der Waals surface area contributed by atoms with Gasteiger partial charge < -0.3 is 10.2 Å². The smallest absolute Gasteiger partial charge is 0.269 e. The van der Waals surface area contributed by atoms with Gasteiger partial charge in [-0.25, -0.2) is 0 Å². The first kappa shape index (κ1) is 27.3. The summed E-state index contributed by atoms with van der Waals surface area (Å²) in [6.45, 7) is 1.92. The number of carbonyl (C=O) groups is 2. The third kappa shape index (κ3) is 8.12. The Morgan fingerprint density at radius 3 is 2.46 bits per heavy atom. The van der Waals surface area contributed by atoms with E-state index in [0.29, 0.717) is 21.4 Å². The highest BCUT2D eigenvalue weighted by Gasteiger charge is 2.28. The van der Waals surface area contributed by atoms with Crippen LogP contribution in [0.2, 0.25) is 10.0 Å². The van der Waals surface area contributed by atoms with E-state index in [1.807, 2.05) is 0 Å². The van der Waals surface area contributed by atoms with Crippen LogP contribution in [-0.2, 0) is 21.9 Å². The van der Waals surface area contributed by atoms with E-state index in [0.717, 1.165) is 31.2 Å². The molecule has 0 bridgehead atoms. The Morgan fingerprint density at radius 2 is 1.83 bits per heavy atom. The third-order valence-electron chi connectivity index (χ3n) is 6.12. The molecule has 0 aliphatic heterocycles. The molecular weight excluding hydrogens is 509 g/mol. The van der Waals surface area contributed by atoms with Crippen LogP contribution in [0.15, 0.2) is 42.5 Å². The summed E-state index contributed by atoms with van der Waals surface area (Å²) in [5, 5.41) is 14.9. The monoisotopic (exact) mass is 537 g/mol. The van der Waals surface area contributed by atoms with Crippen LogP contribution in [0.3, 0.4) is 0 Å². The minimum Gasteiger partial charge on any atom is -0.352 e. The van der Waals surface area contributed by atoms with E-state index in [9.17, 15) is 19.7 Å². The standard InChI is InChI=1S/C25H29Cl2N3O4S/c1-17(25(32)28-21-5-3-2-4-6-21)29(14-19-9-10-20(26)13-23(19)27)24(31)16-35-15-18-7-11-22(12-8-18)30(33)34/h7-13,17,21H,2-6,14-16H2,1H3,(H,28,32)/t17-/m1/s1. The molecule has 1 N–H and O–H groups in total. The minimum absolute atomic E-state index is 0.0265. The predicted molar refractivity (Wildman–Crippen MR) is 141 cm³/mol. The molecule has 0 heterocycles. The van der Waals surface area contributed by atoms with Crippen molar-refractivity contribution < 1.29 is 14.5 Å². The number of nitrogens with one attached hydrogen (secondary N) is 1. The zero-order valence-electron chi connectivity index (χ0n) is 19.5. The highest BCUT2D eigenvalue weighted by molar-refractivity contribution is 7.99. The molecule has 2 amide bonds. The summed E-state index contributed by atoms with van der Waals surface area (Å²) in [5.74, 6) is 0.315. The van der Waals surface area contributed by atoms with E-state index < -0.39 is 11.0 Å². The van der Waals surface area contributed by atoms with Crippen LogP contribution >= 0.6 is 35.0 Å². The number of hydrogen-bond acceptors (Lipinski definition) is 5. The zero-order valence-corrected chi connectivity index (χ0v) is 21.9. The van der Waals surface area contributed by atoms with E-state index in [1.165, 1.54) is 30.3 Å². The van der Waals surface area contributed by atoms with Gasteiger partial charge in [-0.1, -0.05) is 60.7 Å². The van der Waals surface area contributed by atoms with Gasteiger partial charge in [0.25, 0.3) is 5.69 Å². The predicted octanol–water partition coefficient (Wildman–Crippen LogP) is 6.00. The summed E-state index contributed by atoms with van der Waals surface area (Å²) in [6, 6.07) is 10.8. The van der Waals surface area contributed by atoms with Crippen molar-refractivity contribution in [3.8, 4) is 0 Å². The van der Waals surface area contributed by atoms with Crippen LogP contribution in [0.1, 0.15) is 50.2 Å². The molecular formula is C25H29Cl2N3O4S. The average molecular weight is 538 g/mol. The zero-order chi connectivity index (χ0) is 25.4. The molecule has 0 saturated heterocycles. The van der Waals surface area contributed by atoms with Gasteiger partial charge in [-0.05, 0) is 43.0 Å². The van der Waals surface area contributed by atoms with Crippen molar-refractivity contribution in [1.82, 2.24) is 10.2 Å². The number of nitro groups is 1. The lowest BCUT2D eigenvalue weighted by atomic mass is 9.95. The summed E-state index contributed by atoms with van der Waals surface area (Å²) in [7, 11) is 0. The second-order valence-electron chi connectivity index (χ2n) is 8.69. The van der Waals surface area contributed by atoms with Crippen molar-refractivity contribution in [1.29, 1.82) is 0 Å². The maximum atomic E-state index is 13.3. The fourth-order valence-electron chi connectivity index (χ4n) is 4.04. The fourth-order valence-corrected chi connectivity index (χ4v) is 5.38. The van der Waals surface area contributed by atoms with Gasteiger partial charge in [-0.15, -0.1) is 11.8 Å². The molecule has 1 atom stereocenters. The van der Waals surface area contributed by atoms with Gasteiger partial charge >= 0.3 is 0 Å². The lowest BCUT2D eigenvalue weighted by molar-refractivity contribution is -0.384. The number of nitro benzene ring substituents is 1. The first-order chi connectivity index (χ1) is 16.7. The Bertz CT molecular complexity index is 1050. The molecule has 1 aliphatic rings. The van der Waals surface area contributed by atoms with Crippen molar-refractivity contribution in [2.75, 3.05) is 5.75 Å². The van der Waals surface area contributed by atoms with Gasteiger partial charge in [0.1, 0.15) is 6.04 Å². The molecule has 1 saturated carbocycles.